The molecule has 1 atom stereocenters. The fourth-order valence-electron chi connectivity index (χ4n) is 3.89. The van der Waals surface area contributed by atoms with Crippen molar-refractivity contribution in [1.82, 2.24) is 0 Å². The van der Waals surface area contributed by atoms with E-state index in [0.717, 1.165) is 42.4 Å². The molecule has 0 fully saturated rings. The number of carbonyl (C=O) groups excluding carboxylic acids is 1. The average molecular weight is 337 g/mol. The van der Waals surface area contributed by atoms with Crippen LogP contribution in [0.1, 0.15) is 57.8 Å². The summed E-state index contributed by atoms with van der Waals surface area (Å²) in [5.74, 6) is -0.434. The number of allylic oxidation sites excluding steroid dienone is 1. The highest BCUT2D eigenvalue weighted by Crippen LogP contribution is 2.31. The van der Waals surface area contributed by atoms with Gasteiger partial charge in [-0.05, 0) is 78.8 Å². The van der Waals surface area contributed by atoms with Crippen molar-refractivity contribution in [3.05, 3.63) is 82.7 Å². The minimum absolute atomic E-state index is 0.151. The Morgan fingerprint density at radius 2 is 1.88 bits per heavy atom. The number of carbonyl (C=O) groups is 1. The third-order valence-electron chi connectivity index (χ3n) is 5.12. The number of fused-ring (bicyclic) bond motifs is 1. The molecule has 0 aromatic heterocycles. The van der Waals surface area contributed by atoms with Crippen molar-refractivity contribution in [3.63, 3.8) is 0 Å². The van der Waals surface area contributed by atoms with Crippen molar-refractivity contribution >= 4 is 5.91 Å². The molecule has 2 N–H and O–H groups in total. The van der Waals surface area contributed by atoms with Crippen LogP contribution in [0, 0.1) is 5.82 Å². The van der Waals surface area contributed by atoms with Gasteiger partial charge in [0.1, 0.15) is 5.82 Å². The van der Waals surface area contributed by atoms with Gasteiger partial charge in [-0.1, -0.05) is 30.3 Å². The standard InChI is InChI=1S/C22H24FNO/c1-2-5-17(15-10-12-19(23)13-11-15)14-18-9-8-16-6-3-4-7-20(16)21(18)22(24)25/h2,8-13,17H,1,3-7,14H2,(H2,24,25)/t17-/m0/s1. The summed E-state index contributed by atoms with van der Waals surface area (Å²) in [5, 5.41) is 0. The molecular weight excluding hydrogens is 313 g/mol. The maximum absolute atomic E-state index is 13.2. The smallest absolute Gasteiger partial charge is 0.249 e. The average Bonchev–Trinajstić information content (AvgIpc) is 2.61. The van der Waals surface area contributed by atoms with Gasteiger partial charge in [-0.2, -0.15) is 0 Å². The zero-order chi connectivity index (χ0) is 17.8. The number of aryl methyl sites for hydroxylation is 1. The SMILES string of the molecule is C=CC[C@@H](Cc1ccc2c(c1C(N)=O)CCCC2)c1ccc(F)cc1. The zero-order valence-corrected chi connectivity index (χ0v) is 14.4. The van der Waals surface area contributed by atoms with Crippen molar-refractivity contribution < 1.29 is 9.18 Å². The predicted molar refractivity (Wildman–Crippen MR) is 99.3 cm³/mol. The Morgan fingerprint density at radius 1 is 1.16 bits per heavy atom. The molecule has 3 heteroatoms. The molecule has 25 heavy (non-hydrogen) atoms. The van der Waals surface area contributed by atoms with Gasteiger partial charge >= 0.3 is 0 Å². The fourth-order valence-corrected chi connectivity index (χ4v) is 3.89. The first-order valence-corrected chi connectivity index (χ1v) is 8.90. The van der Waals surface area contributed by atoms with Gasteiger partial charge in [-0.15, -0.1) is 6.58 Å². The molecule has 0 heterocycles. The number of halogens is 1. The number of benzene rings is 2. The molecule has 0 unspecified atom stereocenters. The lowest BCUT2D eigenvalue weighted by Gasteiger charge is -2.23. The van der Waals surface area contributed by atoms with Crippen LogP contribution >= 0.6 is 0 Å². The monoisotopic (exact) mass is 337 g/mol. The van der Waals surface area contributed by atoms with Crippen LogP contribution in [-0.2, 0) is 19.3 Å². The van der Waals surface area contributed by atoms with E-state index >= 15 is 0 Å². The maximum Gasteiger partial charge on any atom is 0.249 e. The highest BCUT2D eigenvalue weighted by atomic mass is 19.1. The molecule has 0 spiro atoms. The Labute approximate surface area is 148 Å². The van der Waals surface area contributed by atoms with Crippen LogP contribution in [0.25, 0.3) is 0 Å². The van der Waals surface area contributed by atoms with E-state index in [-0.39, 0.29) is 17.6 Å². The van der Waals surface area contributed by atoms with Crippen molar-refractivity contribution in [2.24, 2.45) is 5.73 Å². The molecule has 2 aromatic carbocycles. The number of hydrogen-bond acceptors (Lipinski definition) is 1. The summed E-state index contributed by atoms with van der Waals surface area (Å²) >= 11 is 0. The van der Waals surface area contributed by atoms with Crippen LogP contribution in [0.3, 0.4) is 0 Å². The molecule has 0 bridgehead atoms. The van der Waals surface area contributed by atoms with E-state index in [4.69, 9.17) is 5.73 Å². The zero-order valence-electron chi connectivity index (χ0n) is 14.4. The van der Waals surface area contributed by atoms with Crippen LogP contribution in [-0.4, -0.2) is 5.91 Å². The van der Waals surface area contributed by atoms with Crippen molar-refractivity contribution in [2.75, 3.05) is 0 Å². The van der Waals surface area contributed by atoms with Crippen molar-refractivity contribution in [2.45, 2.75) is 44.4 Å². The number of primary amides is 1. The molecule has 1 aliphatic carbocycles. The summed E-state index contributed by atoms with van der Waals surface area (Å²) in [6, 6.07) is 10.8. The van der Waals surface area contributed by atoms with Crippen molar-refractivity contribution in [1.29, 1.82) is 0 Å². The molecule has 0 saturated heterocycles. The molecule has 130 valence electrons. The van der Waals surface area contributed by atoms with Gasteiger partial charge in [0.05, 0.1) is 0 Å². The first-order valence-electron chi connectivity index (χ1n) is 8.90. The lowest BCUT2D eigenvalue weighted by molar-refractivity contribution is 0.0998. The minimum atomic E-state index is -0.342. The Balaban J connectivity index is 1.98. The predicted octanol–water partition coefficient (Wildman–Crippen LogP) is 4.71. The van der Waals surface area contributed by atoms with Crippen LogP contribution in [0.15, 0.2) is 49.1 Å². The number of nitrogens with two attached hydrogens (primary N) is 1. The van der Waals surface area contributed by atoms with E-state index < -0.39 is 0 Å². The van der Waals surface area contributed by atoms with Crippen molar-refractivity contribution in [3.8, 4) is 0 Å². The molecule has 2 aromatic rings. The minimum Gasteiger partial charge on any atom is -0.366 e. The van der Waals surface area contributed by atoms with Gasteiger partial charge in [0, 0.05) is 5.56 Å². The Bertz CT molecular complexity index is 779. The van der Waals surface area contributed by atoms with Crippen LogP contribution in [0.2, 0.25) is 0 Å². The maximum atomic E-state index is 13.2. The molecule has 0 aliphatic heterocycles. The van der Waals surface area contributed by atoms with Gasteiger partial charge < -0.3 is 5.73 Å². The molecule has 0 radical (unpaired) electrons. The number of rotatable bonds is 6. The Morgan fingerprint density at radius 3 is 2.56 bits per heavy atom. The summed E-state index contributed by atoms with van der Waals surface area (Å²) in [4.78, 5) is 12.2. The molecule has 1 amide bonds. The first-order chi connectivity index (χ1) is 12.1. The van der Waals surface area contributed by atoms with Crippen LogP contribution in [0.4, 0.5) is 4.39 Å². The van der Waals surface area contributed by atoms with E-state index in [1.165, 1.54) is 24.1 Å². The van der Waals surface area contributed by atoms with E-state index in [1.807, 2.05) is 24.3 Å². The van der Waals surface area contributed by atoms with Gasteiger partial charge in [-0.3, -0.25) is 4.79 Å². The molecule has 1 aliphatic rings. The summed E-state index contributed by atoms with van der Waals surface area (Å²) in [7, 11) is 0. The first kappa shape index (κ1) is 17.4. The molecule has 3 rings (SSSR count). The van der Waals surface area contributed by atoms with E-state index in [0.29, 0.717) is 12.0 Å². The topological polar surface area (TPSA) is 43.1 Å². The van der Waals surface area contributed by atoms with E-state index in [1.54, 1.807) is 0 Å². The van der Waals surface area contributed by atoms with Gasteiger partial charge in [0.15, 0.2) is 0 Å². The quantitative estimate of drug-likeness (QED) is 0.763. The normalized spacial score (nSPS) is 14.6. The summed E-state index contributed by atoms with van der Waals surface area (Å²) in [5.41, 5.74) is 10.9. The third-order valence-corrected chi connectivity index (χ3v) is 5.12. The fraction of sp³-hybridized carbons (Fsp3) is 0.318. The van der Waals surface area contributed by atoms with Crippen LogP contribution < -0.4 is 5.73 Å². The lowest BCUT2D eigenvalue weighted by atomic mass is 9.81. The second kappa shape index (κ2) is 7.64. The Kier molecular flexibility index (Phi) is 5.32. The van der Waals surface area contributed by atoms with E-state index in [2.05, 4.69) is 12.6 Å². The molecule has 2 nitrogen and oxygen atoms in total. The van der Waals surface area contributed by atoms with Gasteiger partial charge in [0.25, 0.3) is 0 Å². The molecule has 0 saturated carbocycles. The Hall–Kier alpha value is -2.42. The van der Waals surface area contributed by atoms with E-state index in [9.17, 15) is 9.18 Å². The second-order valence-electron chi connectivity index (χ2n) is 6.79. The summed E-state index contributed by atoms with van der Waals surface area (Å²) in [6.07, 6.45) is 7.54. The van der Waals surface area contributed by atoms with Crippen LogP contribution in [0.5, 0.6) is 0 Å². The lowest BCUT2D eigenvalue weighted by Crippen LogP contribution is -2.20. The molecular formula is C22H24FNO. The number of hydrogen-bond donors (Lipinski definition) is 1. The summed E-state index contributed by atoms with van der Waals surface area (Å²) < 4.78 is 13.2. The number of amides is 1. The van der Waals surface area contributed by atoms with Gasteiger partial charge in [0.2, 0.25) is 5.91 Å². The summed E-state index contributed by atoms with van der Waals surface area (Å²) in [6.45, 7) is 3.85. The highest BCUT2D eigenvalue weighted by molar-refractivity contribution is 5.96. The second-order valence-corrected chi connectivity index (χ2v) is 6.79. The largest absolute Gasteiger partial charge is 0.366 e. The third kappa shape index (κ3) is 3.81. The highest BCUT2D eigenvalue weighted by Gasteiger charge is 2.22. The van der Waals surface area contributed by atoms with Gasteiger partial charge in [-0.25, -0.2) is 4.39 Å².